The first-order valence-electron chi connectivity index (χ1n) is 10.8. The Balaban J connectivity index is 1.20. The molecule has 4 aliphatic rings. The summed E-state index contributed by atoms with van der Waals surface area (Å²) in [5.41, 5.74) is 3.03. The second kappa shape index (κ2) is 7.88. The highest BCUT2D eigenvalue weighted by atomic mass is 14.6. The molecule has 2 aromatic carbocycles. The molecule has 2 unspecified atom stereocenters. The summed E-state index contributed by atoms with van der Waals surface area (Å²) >= 11 is 0. The standard InChI is InChI=1S/C26H26N4/c27-17-25(21-11-7-19(8-12-21)23(25)29)15-5-3-1-2-4-6-16-26(18-28)22-13-9-20(10-14-22)24(26)30/h7-14,29-30H,1-6,15-16H2. The smallest absolute Gasteiger partial charge is 0.124 e. The largest absolute Gasteiger partial charge is 0.303 e. The Morgan fingerprint density at radius 1 is 0.567 bits per heavy atom. The van der Waals surface area contributed by atoms with E-state index in [1.807, 2.05) is 48.5 Å². The normalized spacial score (nSPS) is 23.4. The van der Waals surface area contributed by atoms with Crippen LogP contribution in [0.25, 0.3) is 0 Å². The van der Waals surface area contributed by atoms with Gasteiger partial charge in [0.05, 0.1) is 23.6 Å². The summed E-state index contributed by atoms with van der Waals surface area (Å²) in [5, 5.41) is 36.4. The van der Waals surface area contributed by atoms with Gasteiger partial charge in [-0.25, -0.2) is 0 Å². The summed E-state index contributed by atoms with van der Waals surface area (Å²) in [6, 6.07) is 20.5. The Labute approximate surface area is 178 Å². The van der Waals surface area contributed by atoms with Gasteiger partial charge in [-0.15, -0.1) is 0 Å². The van der Waals surface area contributed by atoms with Crippen LogP contribution in [0.2, 0.25) is 0 Å². The van der Waals surface area contributed by atoms with Gasteiger partial charge in [0.2, 0.25) is 0 Å². The maximum absolute atomic E-state index is 9.79. The van der Waals surface area contributed by atoms with E-state index in [1.165, 1.54) is 0 Å². The fourth-order valence-electron chi connectivity index (χ4n) is 5.00. The quantitative estimate of drug-likeness (QED) is 0.526. The van der Waals surface area contributed by atoms with Crippen LogP contribution in [-0.2, 0) is 10.8 Å². The number of hydrogen-bond acceptors (Lipinski definition) is 4. The topological polar surface area (TPSA) is 95.3 Å². The van der Waals surface area contributed by atoms with Gasteiger partial charge < -0.3 is 10.8 Å². The summed E-state index contributed by atoms with van der Waals surface area (Å²) in [6.45, 7) is 0. The lowest BCUT2D eigenvalue weighted by Gasteiger charge is -2.32. The summed E-state index contributed by atoms with van der Waals surface area (Å²) in [4.78, 5) is 0. The van der Waals surface area contributed by atoms with Crippen molar-refractivity contribution in [3.8, 4) is 12.1 Å². The molecule has 0 radical (unpaired) electrons. The van der Waals surface area contributed by atoms with Crippen molar-refractivity contribution >= 4 is 11.4 Å². The first kappa shape index (κ1) is 20.0. The lowest BCUT2D eigenvalue weighted by molar-refractivity contribution is 0.516. The highest BCUT2D eigenvalue weighted by Gasteiger charge is 2.41. The molecule has 0 saturated carbocycles. The van der Waals surface area contributed by atoms with E-state index >= 15 is 0 Å². The van der Waals surface area contributed by atoms with Gasteiger partial charge in [-0.3, -0.25) is 0 Å². The van der Waals surface area contributed by atoms with Gasteiger partial charge in [-0.2, -0.15) is 10.5 Å². The number of nitrogens with zero attached hydrogens (tertiary/aromatic N) is 2. The Hall–Kier alpha value is -3.24. The molecule has 0 aliphatic heterocycles. The van der Waals surface area contributed by atoms with E-state index in [2.05, 4.69) is 12.1 Å². The van der Waals surface area contributed by atoms with Gasteiger partial charge in [0, 0.05) is 0 Å². The minimum atomic E-state index is -0.755. The Morgan fingerprint density at radius 3 is 1.20 bits per heavy atom. The number of hydrogen-bond donors (Lipinski definition) is 2. The average molecular weight is 395 g/mol. The van der Waals surface area contributed by atoms with Crippen LogP contribution >= 0.6 is 0 Å². The summed E-state index contributed by atoms with van der Waals surface area (Å²) in [5.74, 6) is 0. The minimum Gasteiger partial charge on any atom is -0.303 e. The number of nitriles is 2. The lowest BCUT2D eigenvalue weighted by atomic mass is 9.67. The van der Waals surface area contributed by atoms with Crippen LogP contribution in [0.1, 0.15) is 73.6 Å². The highest BCUT2D eigenvalue weighted by molar-refractivity contribution is 6.10. The van der Waals surface area contributed by atoms with Crippen molar-refractivity contribution in [1.29, 1.82) is 21.3 Å². The Morgan fingerprint density at radius 2 is 0.900 bits per heavy atom. The van der Waals surface area contributed by atoms with Crippen molar-refractivity contribution in [2.24, 2.45) is 0 Å². The first-order valence-corrected chi connectivity index (χ1v) is 10.8. The number of fused-ring (bicyclic) bond motifs is 6. The van der Waals surface area contributed by atoms with E-state index in [4.69, 9.17) is 10.8 Å². The first-order chi connectivity index (χ1) is 14.6. The predicted molar refractivity (Wildman–Crippen MR) is 118 cm³/mol. The molecular weight excluding hydrogens is 368 g/mol. The zero-order valence-corrected chi connectivity index (χ0v) is 17.2. The summed E-state index contributed by atoms with van der Waals surface area (Å²) in [6.07, 6.45) is 7.58. The molecule has 0 spiro atoms. The molecule has 2 atom stereocenters. The SMILES string of the molecule is N#CC1(CCCCCCCCC2(C#N)C(=N)c3ccc2cc3)C(=N)c2ccc1cc2. The van der Waals surface area contributed by atoms with Crippen LogP contribution in [0, 0.1) is 33.5 Å². The number of benzene rings is 2. The predicted octanol–water partition coefficient (Wildman–Crippen LogP) is 5.79. The third-order valence-electron chi connectivity index (χ3n) is 6.92. The van der Waals surface area contributed by atoms with E-state index in [1.54, 1.807) is 0 Å². The van der Waals surface area contributed by atoms with Crippen LogP contribution in [0.3, 0.4) is 0 Å². The number of nitrogens with one attached hydrogen (secondary N) is 2. The maximum Gasteiger partial charge on any atom is 0.124 e. The van der Waals surface area contributed by atoms with Crippen molar-refractivity contribution in [3.63, 3.8) is 0 Å². The van der Waals surface area contributed by atoms with E-state index in [-0.39, 0.29) is 0 Å². The Kier molecular flexibility index (Phi) is 5.27. The number of unbranched alkanes of at least 4 members (excludes halogenated alkanes) is 5. The molecule has 0 amide bonds. The molecule has 0 aromatic heterocycles. The van der Waals surface area contributed by atoms with Crippen molar-refractivity contribution in [2.45, 2.75) is 62.2 Å². The molecule has 2 N–H and O–H groups in total. The second-order valence-corrected chi connectivity index (χ2v) is 8.56. The number of rotatable bonds is 9. The third-order valence-corrected chi connectivity index (χ3v) is 6.92. The fourth-order valence-corrected chi connectivity index (χ4v) is 5.00. The fraction of sp³-hybridized carbons (Fsp3) is 0.385. The molecule has 4 heteroatoms. The van der Waals surface area contributed by atoms with E-state index in [0.29, 0.717) is 24.3 Å². The van der Waals surface area contributed by atoms with E-state index in [9.17, 15) is 10.5 Å². The van der Waals surface area contributed by atoms with Crippen molar-refractivity contribution in [3.05, 3.63) is 70.8 Å². The highest BCUT2D eigenvalue weighted by Crippen LogP contribution is 2.39. The molecule has 0 saturated heterocycles. The summed E-state index contributed by atoms with van der Waals surface area (Å²) in [7, 11) is 0. The van der Waals surface area contributed by atoms with Crippen LogP contribution in [0.15, 0.2) is 48.5 Å². The maximum atomic E-state index is 9.79. The lowest BCUT2D eigenvalue weighted by Crippen LogP contribution is -2.37. The monoisotopic (exact) mass is 394 g/mol. The minimum absolute atomic E-state index is 0.453. The molecule has 6 rings (SSSR count). The molecule has 4 aliphatic carbocycles. The van der Waals surface area contributed by atoms with Gasteiger partial charge in [-0.1, -0.05) is 87.1 Å². The van der Waals surface area contributed by atoms with Crippen LogP contribution in [-0.4, -0.2) is 11.4 Å². The van der Waals surface area contributed by atoms with Gasteiger partial charge in [0.25, 0.3) is 0 Å². The van der Waals surface area contributed by atoms with Gasteiger partial charge in [0.1, 0.15) is 10.8 Å². The molecule has 30 heavy (non-hydrogen) atoms. The molecular formula is C26H26N4. The molecule has 4 nitrogen and oxygen atoms in total. The molecule has 0 heterocycles. The zero-order valence-electron chi connectivity index (χ0n) is 17.2. The van der Waals surface area contributed by atoms with Gasteiger partial charge in [-0.05, 0) is 35.1 Å². The van der Waals surface area contributed by atoms with Gasteiger partial charge in [0.15, 0.2) is 0 Å². The Bertz CT molecular complexity index is 965. The second-order valence-electron chi connectivity index (χ2n) is 8.56. The van der Waals surface area contributed by atoms with Crippen molar-refractivity contribution < 1.29 is 0 Å². The molecule has 4 bridgehead atoms. The molecule has 150 valence electrons. The van der Waals surface area contributed by atoms with E-state index < -0.39 is 10.8 Å². The molecule has 0 fully saturated rings. The van der Waals surface area contributed by atoms with Crippen molar-refractivity contribution in [2.75, 3.05) is 0 Å². The van der Waals surface area contributed by atoms with Crippen LogP contribution in [0.4, 0.5) is 0 Å². The van der Waals surface area contributed by atoms with Gasteiger partial charge >= 0.3 is 0 Å². The third kappa shape index (κ3) is 3.04. The van der Waals surface area contributed by atoms with E-state index in [0.717, 1.165) is 60.8 Å². The average Bonchev–Trinajstić information content (AvgIpc) is 2.80. The van der Waals surface area contributed by atoms with Crippen LogP contribution in [0.5, 0.6) is 0 Å². The molecule has 2 aromatic rings. The zero-order chi connectivity index (χ0) is 21.2. The van der Waals surface area contributed by atoms with Crippen LogP contribution < -0.4 is 0 Å². The van der Waals surface area contributed by atoms with Crippen molar-refractivity contribution in [1.82, 2.24) is 0 Å². The summed E-state index contributed by atoms with van der Waals surface area (Å²) < 4.78 is 0.